The van der Waals surface area contributed by atoms with Gasteiger partial charge in [-0.15, -0.1) is 0 Å². The fourth-order valence-corrected chi connectivity index (χ4v) is 0.815. The first-order chi connectivity index (χ1) is 5.77. The van der Waals surface area contributed by atoms with E-state index in [-0.39, 0.29) is 5.69 Å². The van der Waals surface area contributed by atoms with Gasteiger partial charge in [-0.1, -0.05) is 0 Å². The number of nitrogens with zero attached hydrogens (tertiary/aromatic N) is 2. The summed E-state index contributed by atoms with van der Waals surface area (Å²) in [6, 6.07) is 5.72. The number of thiocarbonyl (C=S) groups is 1. The molecule has 0 spiro atoms. The Kier molecular flexibility index (Phi) is 2.65. The molecule has 1 aromatic carbocycles. The molecule has 1 rings (SSSR count). The van der Waals surface area contributed by atoms with E-state index in [2.05, 4.69) is 17.2 Å². The van der Waals surface area contributed by atoms with Crippen LogP contribution < -0.4 is 0 Å². The molecule has 0 fully saturated rings. The molecule has 2 nitrogen and oxygen atoms in total. The van der Waals surface area contributed by atoms with Gasteiger partial charge in [-0.2, -0.15) is 10.3 Å². The summed E-state index contributed by atoms with van der Waals surface area (Å²) in [7, 11) is 0. The fourth-order valence-electron chi connectivity index (χ4n) is 0.717. The Morgan fingerprint density at radius 2 is 2.25 bits per heavy atom. The summed E-state index contributed by atoms with van der Waals surface area (Å²) in [6.45, 7) is 0. The normalized spacial score (nSPS) is 8.33. The number of hydrogen-bond acceptors (Lipinski definition) is 3. The van der Waals surface area contributed by atoms with Crippen LogP contribution in [0.25, 0.3) is 0 Å². The van der Waals surface area contributed by atoms with Crippen LogP contribution in [-0.2, 0) is 0 Å². The third-order valence-corrected chi connectivity index (χ3v) is 1.33. The lowest BCUT2D eigenvalue weighted by Gasteiger charge is -1.93. The summed E-state index contributed by atoms with van der Waals surface area (Å²) in [5, 5.41) is 10.5. The Morgan fingerprint density at radius 3 is 2.83 bits per heavy atom. The number of isothiocyanates is 1. The van der Waals surface area contributed by atoms with Gasteiger partial charge in [-0.3, -0.25) is 0 Å². The molecule has 0 saturated heterocycles. The van der Waals surface area contributed by atoms with E-state index in [4.69, 9.17) is 5.26 Å². The van der Waals surface area contributed by atoms with Crippen molar-refractivity contribution in [3.8, 4) is 6.07 Å². The van der Waals surface area contributed by atoms with Crippen LogP contribution in [-0.4, -0.2) is 5.16 Å². The van der Waals surface area contributed by atoms with Crippen molar-refractivity contribution in [2.45, 2.75) is 0 Å². The lowest BCUT2D eigenvalue weighted by atomic mass is 10.2. The second-order valence-electron chi connectivity index (χ2n) is 1.98. The summed E-state index contributed by atoms with van der Waals surface area (Å²) >= 11 is 4.31. The Labute approximate surface area is 74.0 Å². The van der Waals surface area contributed by atoms with Gasteiger partial charge in [-0.05, 0) is 30.4 Å². The molecule has 0 atom stereocenters. The minimum absolute atomic E-state index is 0.0454. The van der Waals surface area contributed by atoms with Crippen molar-refractivity contribution >= 4 is 23.1 Å². The van der Waals surface area contributed by atoms with Crippen molar-refractivity contribution in [3.63, 3.8) is 0 Å². The number of halogens is 1. The minimum Gasteiger partial charge on any atom is -0.205 e. The van der Waals surface area contributed by atoms with E-state index in [1.807, 2.05) is 11.2 Å². The summed E-state index contributed by atoms with van der Waals surface area (Å²) in [6.07, 6.45) is 0. The Balaban J connectivity index is 3.28. The molecular formula is C8H3FN2S. The van der Waals surface area contributed by atoms with Crippen molar-refractivity contribution in [2.24, 2.45) is 4.99 Å². The van der Waals surface area contributed by atoms with E-state index < -0.39 is 5.82 Å². The van der Waals surface area contributed by atoms with Crippen LogP contribution in [0.5, 0.6) is 0 Å². The van der Waals surface area contributed by atoms with Gasteiger partial charge in [-0.25, -0.2) is 4.39 Å². The number of benzene rings is 1. The Bertz CT molecular complexity index is 389. The van der Waals surface area contributed by atoms with Gasteiger partial charge in [0.2, 0.25) is 0 Å². The lowest BCUT2D eigenvalue weighted by Crippen LogP contribution is -1.78. The molecule has 0 bridgehead atoms. The van der Waals surface area contributed by atoms with E-state index in [0.29, 0.717) is 5.56 Å². The standard InChI is InChI=1S/C8H3FN2S/c9-7-2-1-6(4-10)3-8(7)11-5-12/h1-3H. The predicted molar refractivity (Wildman–Crippen MR) is 45.8 cm³/mol. The molecule has 0 aliphatic carbocycles. The Hall–Kier alpha value is -1.56. The molecule has 0 saturated carbocycles. The maximum Gasteiger partial charge on any atom is 0.149 e. The third kappa shape index (κ3) is 1.73. The monoisotopic (exact) mass is 178 g/mol. The van der Waals surface area contributed by atoms with Gasteiger partial charge in [0.05, 0.1) is 16.8 Å². The Morgan fingerprint density at radius 1 is 1.50 bits per heavy atom. The first kappa shape index (κ1) is 8.54. The van der Waals surface area contributed by atoms with Gasteiger partial charge < -0.3 is 0 Å². The topological polar surface area (TPSA) is 36.1 Å². The smallest absolute Gasteiger partial charge is 0.149 e. The van der Waals surface area contributed by atoms with Crippen LogP contribution in [0.15, 0.2) is 23.2 Å². The van der Waals surface area contributed by atoms with Crippen molar-refractivity contribution < 1.29 is 4.39 Å². The van der Waals surface area contributed by atoms with Gasteiger partial charge in [0.25, 0.3) is 0 Å². The molecule has 0 unspecified atom stereocenters. The van der Waals surface area contributed by atoms with E-state index in [9.17, 15) is 4.39 Å². The number of hydrogen-bond donors (Lipinski definition) is 0. The molecule has 1 aromatic rings. The number of aliphatic imine (C=N–C) groups is 1. The van der Waals surface area contributed by atoms with Crippen LogP contribution in [0, 0.1) is 17.1 Å². The highest BCUT2D eigenvalue weighted by atomic mass is 32.1. The number of rotatable bonds is 1. The maximum atomic E-state index is 12.8. The van der Waals surface area contributed by atoms with Gasteiger partial charge in [0, 0.05) is 0 Å². The average molecular weight is 178 g/mol. The molecule has 12 heavy (non-hydrogen) atoms. The van der Waals surface area contributed by atoms with E-state index in [1.165, 1.54) is 18.2 Å². The van der Waals surface area contributed by atoms with E-state index in [1.54, 1.807) is 0 Å². The molecule has 58 valence electrons. The zero-order chi connectivity index (χ0) is 8.97. The maximum absolute atomic E-state index is 12.8. The van der Waals surface area contributed by atoms with Crippen molar-refractivity contribution in [1.82, 2.24) is 0 Å². The van der Waals surface area contributed by atoms with Gasteiger partial charge in [0.15, 0.2) is 0 Å². The van der Waals surface area contributed by atoms with Crippen LogP contribution in [0.3, 0.4) is 0 Å². The summed E-state index contributed by atoms with van der Waals surface area (Å²) in [5.74, 6) is -0.508. The molecule has 0 N–H and O–H groups in total. The highest BCUT2D eigenvalue weighted by Gasteiger charge is 2.00. The average Bonchev–Trinajstić information content (AvgIpc) is 2.09. The zero-order valence-corrected chi connectivity index (χ0v) is 6.73. The van der Waals surface area contributed by atoms with Gasteiger partial charge in [0.1, 0.15) is 11.5 Å². The minimum atomic E-state index is -0.508. The molecule has 0 amide bonds. The summed E-state index contributed by atoms with van der Waals surface area (Å²) in [5.41, 5.74) is 0.393. The van der Waals surface area contributed by atoms with Crippen molar-refractivity contribution in [3.05, 3.63) is 29.6 Å². The highest BCUT2D eigenvalue weighted by molar-refractivity contribution is 7.78. The quantitative estimate of drug-likeness (QED) is 0.489. The zero-order valence-electron chi connectivity index (χ0n) is 5.91. The van der Waals surface area contributed by atoms with Crippen LogP contribution in [0.1, 0.15) is 5.56 Å². The first-order valence-electron chi connectivity index (χ1n) is 3.05. The van der Waals surface area contributed by atoms with Crippen LogP contribution >= 0.6 is 12.2 Å². The van der Waals surface area contributed by atoms with Crippen LogP contribution in [0.4, 0.5) is 10.1 Å². The first-order valence-corrected chi connectivity index (χ1v) is 3.46. The molecule has 0 heterocycles. The van der Waals surface area contributed by atoms with Gasteiger partial charge >= 0.3 is 0 Å². The summed E-state index contributed by atoms with van der Waals surface area (Å²) in [4.78, 5) is 3.45. The second kappa shape index (κ2) is 3.72. The molecular weight excluding hydrogens is 175 g/mol. The predicted octanol–water partition coefficient (Wildman–Crippen LogP) is 2.43. The molecule has 0 aliphatic heterocycles. The second-order valence-corrected chi connectivity index (χ2v) is 2.16. The third-order valence-electron chi connectivity index (χ3n) is 1.24. The largest absolute Gasteiger partial charge is 0.205 e. The van der Waals surface area contributed by atoms with Crippen molar-refractivity contribution in [2.75, 3.05) is 0 Å². The molecule has 0 aromatic heterocycles. The highest BCUT2D eigenvalue weighted by Crippen LogP contribution is 2.17. The molecule has 4 heteroatoms. The lowest BCUT2D eigenvalue weighted by molar-refractivity contribution is 0.630. The number of nitriles is 1. The molecule has 0 radical (unpaired) electrons. The van der Waals surface area contributed by atoms with Crippen molar-refractivity contribution in [1.29, 1.82) is 5.26 Å². The van der Waals surface area contributed by atoms with E-state index in [0.717, 1.165) is 0 Å². The summed E-state index contributed by atoms with van der Waals surface area (Å²) < 4.78 is 12.8. The van der Waals surface area contributed by atoms with Crippen LogP contribution in [0.2, 0.25) is 0 Å². The molecule has 0 aliphatic rings. The SMILES string of the molecule is N#Cc1ccc(F)c(N=C=S)c1. The fraction of sp³-hybridized carbons (Fsp3) is 0. The van der Waals surface area contributed by atoms with E-state index >= 15 is 0 Å².